The lowest BCUT2D eigenvalue weighted by atomic mass is 9.84. The van der Waals surface area contributed by atoms with E-state index in [2.05, 4.69) is 18.8 Å². The van der Waals surface area contributed by atoms with Gasteiger partial charge < -0.3 is 115 Å². The van der Waals surface area contributed by atoms with Crippen LogP contribution in [0.2, 0.25) is 0 Å². The number of phosphoric ester groups is 2. The molecule has 24 atom stereocenters. The number of aliphatic hydroxyl groups is 16. The molecule has 3 aliphatic rings. The third-order valence-corrected chi connectivity index (χ3v) is 20.0. The number of hydrogen-bond donors (Lipinski definition) is 17. The van der Waals surface area contributed by atoms with Crippen LogP contribution in [0.5, 0.6) is 0 Å². The molecule has 17 N–H and O–H groups in total. The summed E-state index contributed by atoms with van der Waals surface area (Å²) in [5.74, 6) is -1.39. The van der Waals surface area contributed by atoms with E-state index in [0.29, 0.717) is 25.7 Å². The molecule has 0 amide bonds. The zero-order valence-corrected chi connectivity index (χ0v) is 56.2. The van der Waals surface area contributed by atoms with E-state index in [1.54, 1.807) is 0 Å². The molecule has 2 saturated carbocycles. The lowest BCUT2D eigenvalue weighted by molar-refractivity contribution is -0.341. The summed E-state index contributed by atoms with van der Waals surface area (Å²) in [6, 6.07) is -1.98. The van der Waals surface area contributed by atoms with Gasteiger partial charge in [0.25, 0.3) is 7.82 Å². The van der Waals surface area contributed by atoms with Gasteiger partial charge in [-0.1, -0.05) is 226 Å². The SMILES string of the molecule is CCCCCCCCCCCCCCCCCCCCCCCC(O)C(O)C([O-])=N[C@@H](COP(=O)([O-])O[C@@H]1[C@H](O)[C@H](O)[C@@H](O)[C@H](O)[C@H]1OC1O[C@H](COP(=O)(O)OC2[C@H](O)[C@H](O)C(O)[C@H](O)[C@H]2O)[C@@H](O)[C@H](O)[C@@H]1O)[C@H](O)C(O)CCCCCCCCCCCCCC. The van der Waals surface area contributed by atoms with Gasteiger partial charge in [0.15, 0.2) is 6.29 Å². The third-order valence-electron chi connectivity index (χ3n) is 18.0. The van der Waals surface area contributed by atoms with Gasteiger partial charge in [0, 0.05) is 0 Å². The van der Waals surface area contributed by atoms with Crippen LogP contribution in [0.1, 0.15) is 239 Å². The summed E-state index contributed by atoms with van der Waals surface area (Å²) < 4.78 is 57.2. The van der Waals surface area contributed by atoms with Crippen LogP contribution >= 0.6 is 15.6 Å². The second-order valence-electron chi connectivity index (χ2n) is 25.8. The fourth-order valence-corrected chi connectivity index (χ4v) is 13.9. The highest BCUT2D eigenvalue weighted by molar-refractivity contribution is 7.47. The molecule has 3 rings (SSSR count). The number of phosphoric acid groups is 2. The number of unbranched alkanes of at least 4 members (excludes halogenated alkanes) is 31. The van der Waals surface area contributed by atoms with Crippen molar-refractivity contribution < 1.29 is 133 Å². The molecule has 8 unspecified atom stereocenters. The number of hydrogen-bond acceptors (Lipinski definition) is 27. The van der Waals surface area contributed by atoms with Crippen molar-refractivity contribution in [1.29, 1.82) is 0 Å². The number of rotatable bonds is 52. The van der Waals surface area contributed by atoms with E-state index in [9.17, 15) is 106 Å². The first-order valence-corrected chi connectivity index (χ1v) is 37.4. The smallest absolute Gasteiger partial charge is 0.472 e. The van der Waals surface area contributed by atoms with Crippen molar-refractivity contribution in [2.45, 2.75) is 373 Å². The average Bonchev–Trinajstić information content (AvgIpc) is 0.788. The molecule has 0 aromatic carbocycles. The van der Waals surface area contributed by atoms with Gasteiger partial charge in [-0.3, -0.25) is 18.6 Å². The maximum Gasteiger partial charge on any atom is 0.472 e. The summed E-state index contributed by atoms with van der Waals surface area (Å²) in [5, 5.41) is 184. The first-order valence-electron chi connectivity index (χ1n) is 34.5. The molecule has 1 heterocycles. The summed E-state index contributed by atoms with van der Waals surface area (Å²) in [4.78, 5) is 27.9. The Morgan fingerprint density at radius 3 is 1.17 bits per heavy atom. The maximum atomic E-state index is 13.7. The summed E-state index contributed by atoms with van der Waals surface area (Å²) in [7, 11) is -11.6. The highest BCUT2D eigenvalue weighted by atomic mass is 31.2. The molecule has 1 aliphatic heterocycles. The zero-order valence-electron chi connectivity index (χ0n) is 54.4. The molecule has 0 aromatic rings. The van der Waals surface area contributed by atoms with Crippen molar-refractivity contribution in [3.05, 3.63) is 0 Å². The summed E-state index contributed by atoms with van der Waals surface area (Å²) in [5.41, 5.74) is 0. The Bertz CT molecular complexity index is 2010. The second kappa shape index (κ2) is 46.3. The fraction of sp³-hybridized carbons (Fsp3) is 0.984. The van der Waals surface area contributed by atoms with E-state index >= 15 is 0 Å². The van der Waals surface area contributed by atoms with Gasteiger partial charge >= 0.3 is 7.82 Å². The van der Waals surface area contributed by atoms with Crippen LogP contribution in [0.3, 0.4) is 0 Å². The van der Waals surface area contributed by atoms with Gasteiger partial charge in [0.1, 0.15) is 116 Å². The number of nitrogens with zero attached hydrogens (tertiary/aromatic N) is 1. The minimum Gasteiger partial charge on any atom is -0.860 e. The largest absolute Gasteiger partial charge is 0.860 e. The van der Waals surface area contributed by atoms with Gasteiger partial charge in [-0.05, 0) is 18.7 Å². The molecule has 2 aliphatic carbocycles. The average molecular weight is 1370 g/mol. The molecular weight excluding hydrogens is 1250 g/mol. The van der Waals surface area contributed by atoms with Gasteiger partial charge in [0.05, 0.1) is 25.4 Å². The Kier molecular flexibility index (Phi) is 42.9. The molecule has 0 bridgehead atoms. The van der Waals surface area contributed by atoms with Crippen molar-refractivity contribution in [3.63, 3.8) is 0 Å². The molecule has 0 spiro atoms. The third kappa shape index (κ3) is 30.6. The molecule has 546 valence electrons. The molecule has 3 fully saturated rings. The highest BCUT2D eigenvalue weighted by Crippen LogP contribution is 2.48. The summed E-state index contributed by atoms with van der Waals surface area (Å²) in [6.45, 7) is 1.81. The normalized spacial score (nSPS) is 32.0. The van der Waals surface area contributed by atoms with E-state index < -0.39 is 169 Å². The van der Waals surface area contributed by atoms with Crippen LogP contribution in [0.25, 0.3) is 0 Å². The molecule has 0 aromatic heterocycles. The van der Waals surface area contributed by atoms with E-state index in [0.717, 1.165) is 57.8 Å². The number of aliphatic imine (C=N–C) groups is 1. The lowest BCUT2D eigenvalue weighted by Crippen LogP contribution is -2.67. The monoisotopic (exact) mass is 1370 g/mol. The summed E-state index contributed by atoms with van der Waals surface area (Å²) >= 11 is 0. The predicted octanol–water partition coefficient (Wildman–Crippen LogP) is 2.09. The van der Waals surface area contributed by atoms with Gasteiger partial charge in [-0.15, -0.1) is 0 Å². The van der Waals surface area contributed by atoms with Gasteiger partial charge in [-0.25, -0.2) is 4.57 Å². The minimum absolute atomic E-state index is 0.00379. The molecular formula is C62H119NO27P2-2. The van der Waals surface area contributed by atoms with Gasteiger partial charge in [-0.2, -0.15) is 0 Å². The van der Waals surface area contributed by atoms with Crippen molar-refractivity contribution >= 4 is 21.5 Å². The molecule has 30 heteroatoms. The maximum absolute atomic E-state index is 13.7. The van der Waals surface area contributed by atoms with Crippen molar-refractivity contribution in [1.82, 2.24) is 0 Å². The topological polar surface area (TPSA) is 492 Å². The Morgan fingerprint density at radius 1 is 0.435 bits per heavy atom. The van der Waals surface area contributed by atoms with Gasteiger partial charge in [0.2, 0.25) is 0 Å². The van der Waals surface area contributed by atoms with Crippen LogP contribution in [0.4, 0.5) is 0 Å². The molecule has 1 saturated heterocycles. The quantitative estimate of drug-likeness (QED) is 0.0179. The predicted molar refractivity (Wildman–Crippen MR) is 333 cm³/mol. The summed E-state index contributed by atoms with van der Waals surface area (Å²) in [6.07, 6.45) is -10.00. The Labute approximate surface area is 544 Å². The van der Waals surface area contributed by atoms with Crippen LogP contribution in [-0.4, -0.2) is 240 Å². The van der Waals surface area contributed by atoms with Crippen LogP contribution in [-0.2, 0) is 36.7 Å². The Balaban J connectivity index is 1.63. The fourth-order valence-electron chi connectivity index (χ4n) is 12.0. The first-order chi connectivity index (χ1) is 43.7. The Hall–Kier alpha value is -1.03. The lowest BCUT2D eigenvalue weighted by Gasteiger charge is -2.48. The van der Waals surface area contributed by atoms with Crippen LogP contribution in [0, 0.1) is 0 Å². The van der Waals surface area contributed by atoms with Crippen molar-refractivity contribution in [2.75, 3.05) is 13.2 Å². The number of aliphatic hydroxyl groups excluding tert-OH is 16. The van der Waals surface area contributed by atoms with Crippen LogP contribution in [0.15, 0.2) is 4.99 Å². The first kappa shape index (κ1) is 85.2. The van der Waals surface area contributed by atoms with Crippen molar-refractivity contribution in [2.24, 2.45) is 4.99 Å². The highest BCUT2D eigenvalue weighted by Gasteiger charge is 2.56. The van der Waals surface area contributed by atoms with E-state index in [4.69, 9.17) is 27.6 Å². The van der Waals surface area contributed by atoms with E-state index in [1.807, 2.05) is 0 Å². The van der Waals surface area contributed by atoms with E-state index in [1.165, 1.54) is 128 Å². The molecule has 0 radical (unpaired) electrons. The number of ether oxygens (including phenoxy) is 2. The second-order valence-corrected chi connectivity index (χ2v) is 28.6. The molecule has 92 heavy (non-hydrogen) atoms. The minimum atomic E-state index is -6.02. The Morgan fingerprint density at radius 2 is 0.772 bits per heavy atom. The van der Waals surface area contributed by atoms with Crippen LogP contribution < -0.4 is 10.00 Å². The van der Waals surface area contributed by atoms with Crippen molar-refractivity contribution in [3.8, 4) is 0 Å². The molecule has 28 nitrogen and oxygen atoms in total. The standard InChI is InChI=1S/C62H121NO27P2/c1-3-5-7-9-11-13-15-17-18-19-20-21-22-23-24-25-27-29-31-33-35-37-42(65)45(67)61(80)63-40(44(66)41(64)36-34-32-30-28-26-16-14-12-10-8-6-4-2)38-85-91(81,82)90-60-56(78)52(74)51(73)55(77)59(60)88-62-57(79)47(69)46(68)43(87-62)39-86-92(83,84)89-58-53(75)49(71)48(70)50(72)54(58)76/h40-60,62,64-79H,3-39H2,1-2H3,(H,63,80)(H,81,82)(H,83,84)/p-2/t40-,41?,42?,43+,44-,45?,46+,47-,48?,49-,50+,51+,52+,53+,54+,55-,56+,57-,58?,59+,60+,62?/m0/s1. The van der Waals surface area contributed by atoms with E-state index in [-0.39, 0.29) is 12.8 Å². The zero-order chi connectivity index (χ0) is 68.4.